The second-order valence-electron chi connectivity index (χ2n) is 6.09. The van der Waals surface area contributed by atoms with Gasteiger partial charge >= 0.3 is 5.97 Å². The number of carbonyl (C=O) groups is 1. The minimum atomic E-state index is -3.29. The molecule has 5 nitrogen and oxygen atoms in total. The molecule has 1 aromatic carbocycles. The lowest BCUT2D eigenvalue weighted by atomic mass is 9.92. The molecule has 1 aliphatic rings. The van der Waals surface area contributed by atoms with E-state index < -0.39 is 21.4 Å². The van der Waals surface area contributed by atoms with E-state index in [0.29, 0.717) is 16.9 Å². The molecule has 0 radical (unpaired) electrons. The Bertz CT molecular complexity index is 969. The highest BCUT2D eigenvalue weighted by Gasteiger charge is 2.43. The Labute approximate surface area is 158 Å². The third kappa shape index (κ3) is 3.51. The third-order valence-electron chi connectivity index (χ3n) is 3.73. The van der Waals surface area contributed by atoms with Gasteiger partial charge in [0.25, 0.3) is 0 Å². The molecule has 0 aliphatic carbocycles. The summed E-state index contributed by atoms with van der Waals surface area (Å²) in [6, 6.07) is 6.33. The molecule has 2 aromatic rings. The molecule has 8 heteroatoms. The number of benzene rings is 1. The average Bonchev–Trinajstić information content (AvgIpc) is 2.99. The maximum Gasteiger partial charge on any atom is 0.375 e. The van der Waals surface area contributed by atoms with Gasteiger partial charge in [-0.3, -0.25) is 0 Å². The van der Waals surface area contributed by atoms with Crippen molar-refractivity contribution in [1.29, 1.82) is 0 Å². The zero-order valence-electron chi connectivity index (χ0n) is 13.7. The summed E-state index contributed by atoms with van der Waals surface area (Å²) < 4.78 is 35.3. The van der Waals surface area contributed by atoms with Crippen LogP contribution in [-0.2, 0) is 19.4 Å². The van der Waals surface area contributed by atoms with Gasteiger partial charge in [0, 0.05) is 17.0 Å². The minimum Gasteiger partial charge on any atom is -0.449 e. The highest BCUT2D eigenvalue weighted by Crippen LogP contribution is 2.42. The summed E-state index contributed by atoms with van der Waals surface area (Å²) >= 11 is 4.81. The molecule has 0 spiro atoms. The summed E-state index contributed by atoms with van der Waals surface area (Å²) in [5, 5.41) is 3.63. The molecule has 0 N–H and O–H groups in total. The van der Waals surface area contributed by atoms with Gasteiger partial charge in [0.2, 0.25) is 5.76 Å². The van der Waals surface area contributed by atoms with Crippen LogP contribution in [0.2, 0.25) is 0 Å². The number of hydrogen-bond acceptors (Lipinski definition) is 6. The van der Waals surface area contributed by atoms with Crippen molar-refractivity contribution in [3.63, 3.8) is 0 Å². The lowest BCUT2D eigenvalue weighted by Gasteiger charge is -2.21. The van der Waals surface area contributed by atoms with Crippen molar-refractivity contribution in [1.82, 2.24) is 0 Å². The average molecular weight is 443 g/mol. The summed E-state index contributed by atoms with van der Waals surface area (Å²) in [5.74, 6) is 0.0846. The van der Waals surface area contributed by atoms with Crippen molar-refractivity contribution in [2.45, 2.75) is 24.3 Å². The van der Waals surface area contributed by atoms with Gasteiger partial charge in [-0.15, -0.1) is 11.3 Å². The van der Waals surface area contributed by atoms with Gasteiger partial charge in [0.15, 0.2) is 15.6 Å². The monoisotopic (exact) mass is 442 g/mol. The molecule has 0 saturated carbocycles. The summed E-state index contributed by atoms with van der Waals surface area (Å²) in [6.07, 6.45) is 1.15. The zero-order valence-corrected chi connectivity index (χ0v) is 16.9. The molecule has 0 fully saturated rings. The number of ether oxygens (including phenoxy) is 2. The van der Waals surface area contributed by atoms with Crippen molar-refractivity contribution < 1.29 is 22.7 Å². The van der Waals surface area contributed by atoms with Gasteiger partial charge in [-0.25, -0.2) is 13.2 Å². The van der Waals surface area contributed by atoms with E-state index in [1.54, 1.807) is 31.4 Å². The number of sulfone groups is 1. The predicted molar refractivity (Wildman–Crippen MR) is 99.3 cm³/mol. The van der Waals surface area contributed by atoms with E-state index in [2.05, 4.69) is 15.9 Å². The molecule has 2 heterocycles. The van der Waals surface area contributed by atoms with E-state index in [4.69, 9.17) is 9.47 Å². The first kappa shape index (κ1) is 18.2. The Hall–Kier alpha value is -1.64. The van der Waals surface area contributed by atoms with Crippen LogP contribution in [0.4, 0.5) is 0 Å². The molecule has 0 amide bonds. The van der Waals surface area contributed by atoms with E-state index in [-0.39, 0.29) is 10.7 Å². The van der Waals surface area contributed by atoms with Crippen LogP contribution in [0.15, 0.2) is 50.2 Å². The molecule has 25 heavy (non-hydrogen) atoms. The summed E-state index contributed by atoms with van der Waals surface area (Å²) in [6.45, 7) is 3.54. The van der Waals surface area contributed by atoms with Crippen molar-refractivity contribution in [3.8, 4) is 5.75 Å². The van der Waals surface area contributed by atoms with Crippen molar-refractivity contribution in [2.75, 3.05) is 6.26 Å². The molecule has 0 saturated heterocycles. The summed E-state index contributed by atoms with van der Waals surface area (Å²) in [7, 11) is -3.29. The second kappa shape index (κ2) is 6.26. The molecule has 132 valence electrons. The zero-order chi connectivity index (χ0) is 18.4. The maximum absolute atomic E-state index is 12.3. The predicted octanol–water partition coefficient (Wildman–Crippen LogP) is 4.04. The van der Waals surface area contributed by atoms with Gasteiger partial charge in [-0.1, -0.05) is 12.1 Å². The lowest BCUT2D eigenvalue weighted by Crippen LogP contribution is -2.22. The van der Waals surface area contributed by atoms with E-state index >= 15 is 0 Å². The van der Waals surface area contributed by atoms with Crippen LogP contribution in [-0.4, -0.2) is 26.2 Å². The Morgan fingerprint density at radius 2 is 1.80 bits per heavy atom. The van der Waals surface area contributed by atoms with Crippen LogP contribution in [0.25, 0.3) is 5.57 Å². The topological polar surface area (TPSA) is 69.7 Å². The number of carbonyl (C=O) groups excluding carboxylic acids is 1. The highest BCUT2D eigenvalue weighted by molar-refractivity contribution is 9.10. The Morgan fingerprint density at radius 1 is 1.16 bits per heavy atom. The van der Waals surface area contributed by atoms with Crippen LogP contribution in [0.1, 0.15) is 19.4 Å². The summed E-state index contributed by atoms with van der Waals surface area (Å²) in [4.78, 5) is 12.5. The van der Waals surface area contributed by atoms with Gasteiger partial charge in [0.05, 0.1) is 14.9 Å². The SMILES string of the molecule is CC1(C)OC(=O)C(Oc2cscc2Br)=C1c1ccc(S(C)(=O)=O)cc1. The fourth-order valence-electron chi connectivity index (χ4n) is 2.60. The number of rotatable bonds is 4. The standard InChI is InChI=1S/C17H15BrO5S2/c1-17(2)14(10-4-6-11(7-5-10)25(3,20)21)15(16(19)23-17)22-13-9-24-8-12(13)18/h4-9H,1-3H3. The van der Waals surface area contributed by atoms with Crippen LogP contribution in [0.5, 0.6) is 5.75 Å². The molecular formula is C17H15BrO5S2. The molecule has 1 aliphatic heterocycles. The Kier molecular flexibility index (Phi) is 4.55. The largest absolute Gasteiger partial charge is 0.449 e. The van der Waals surface area contributed by atoms with Gasteiger partial charge in [-0.05, 0) is 47.5 Å². The van der Waals surface area contributed by atoms with Crippen LogP contribution in [0, 0.1) is 0 Å². The van der Waals surface area contributed by atoms with Crippen molar-refractivity contribution in [2.24, 2.45) is 0 Å². The molecular weight excluding hydrogens is 428 g/mol. The Morgan fingerprint density at radius 3 is 2.32 bits per heavy atom. The highest BCUT2D eigenvalue weighted by atomic mass is 79.9. The van der Waals surface area contributed by atoms with E-state index in [0.717, 1.165) is 10.7 Å². The van der Waals surface area contributed by atoms with Crippen LogP contribution >= 0.6 is 27.3 Å². The van der Waals surface area contributed by atoms with E-state index in [9.17, 15) is 13.2 Å². The second-order valence-corrected chi connectivity index (χ2v) is 9.70. The molecule has 0 atom stereocenters. The van der Waals surface area contributed by atoms with Gasteiger partial charge in [-0.2, -0.15) is 0 Å². The quantitative estimate of drug-likeness (QED) is 0.668. The van der Waals surface area contributed by atoms with Crippen molar-refractivity contribution in [3.05, 3.63) is 50.8 Å². The van der Waals surface area contributed by atoms with Crippen LogP contribution < -0.4 is 4.74 Å². The number of halogens is 1. The fourth-order valence-corrected chi connectivity index (χ4v) is 4.50. The first-order valence-corrected chi connectivity index (χ1v) is 10.9. The fraction of sp³-hybridized carbons (Fsp3) is 0.235. The van der Waals surface area contributed by atoms with Gasteiger partial charge < -0.3 is 9.47 Å². The molecule has 3 rings (SSSR count). The lowest BCUT2D eigenvalue weighted by molar-refractivity contribution is -0.145. The molecule has 0 bridgehead atoms. The van der Waals surface area contributed by atoms with Crippen LogP contribution in [0.3, 0.4) is 0 Å². The number of cyclic esters (lactones) is 1. The number of esters is 1. The van der Waals surface area contributed by atoms with Gasteiger partial charge in [0.1, 0.15) is 5.60 Å². The normalized spacial score (nSPS) is 16.9. The molecule has 0 unspecified atom stereocenters. The number of hydrogen-bond donors (Lipinski definition) is 0. The molecule has 1 aromatic heterocycles. The first-order chi connectivity index (χ1) is 11.6. The van der Waals surface area contributed by atoms with E-state index in [1.807, 2.05) is 5.38 Å². The van der Waals surface area contributed by atoms with E-state index in [1.165, 1.54) is 23.5 Å². The maximum atomic E-state index is 12.3. The van der Waals surface area contributed by atoms with Crippen molar-refractivity contribution >= 4 is 48.6 Å². The third-order valence-corrected chi connectivity index (χ3v) is 6.50. The summed E-state index contributed by atoms with van der Waals surface area (Å²) in [5.41, 5.74) is 0.363. The minimum absolute atomic E-state index is 0.108. The smallest absolute Gasteiger partial charge is 0.375 e. The Balaban J connectivity index is 2.10. The number of thiophene rings is 1. The first-order valence-electron chi connectivity index (χ1n) is 7.28.